The topological polar surface area (TPSA) is 67.4 Å². The van der Waals surface area contributed by atoms with Crippen molar-refractivity contribution in [3.8, 4) is 5.69 Å². The summed E-state index contributed by atoms with van der Waals surface area (Å²) in [7, 11) is 0. The third-order valence-corrected chi connectivity index (χ3v) is 5.15. The van der Waals surface area contributed by atoms with Gasteiger partial charge in [0.15, 0.2) is 0 Å². The van der Waals surface area contributed by atoms with Crippen LogP contribution in [0.4, 0.5) is 11.6 Å². The predicted octanol–water partition coefficient (Wildman–Crippen LogP) is 3.76. The summed E-state index contributed by atoms with van der Waals surface area (Å²) in [5, 5.41) is 11.5. The highest BCUT2D eigenvalue weighted by atomic mass is 35.5. The number of hydrogen-bond donors (Lipinski definition) is 0. The van der Waals surface area contributed by atoms with Gasteiger partial charge in [0.2, 0.25) is 5.95 Å². The zero-order valence-corrected chi connectivity index (χ0v) is 16.0. The number of rotatable bonds is 5. The first-order valence-electron chi connectivity index (χ1n) is 9.10. The molecule has 144 valence electrons. The molecule has 0 saturated carbocycles. The van der Waals surface area contributed by atoms with Crippen LogP contribution in [-0.2, 0) is 6.54 Å². The van der Waals surface area contributed by atoms with Crippen molar-refractivity contribution in [2.75, 3.05) is 31.1 Å². The molecule has 3 aromatic rings. The van der Waals surface area contributed by atoms with Crippen LogP contribution in [0.2, 0.25) is 5.02 Å². The van der Waals surface area contributed by atoms with Gasteiger partial charge in [0.05, 0.1) is 4.92 Å². The Hall–Kier alpha value is -2.90. The number of anilines is 1. The third kappa shape index (κ3) is 4.00. The Bertz CT molecular complexity index is 965. The number of piperazine rings is 1. The second kappa shape index (κ2) is 8.00. The predicted molar refractivity (Wildman–Crippen MR) is 109 cm³/mol. The van der Waals surface area contributed by atoms with E-state index in [0.717, 1.165) is 49.9 Å². The third-order valence-electron chi connectivity index (χ3n) is 4.92. The molecule has 2 heterocycles. The molecule has 0 N–H and O–H groups in total. The van der Waals surface area contributed by atoms with E-state index in [0.29, 0.717) is 5.02 Å². The molecule has 2 aromatic carbocycles. The number of halogens is 1. The molecule has 4 rings (SSSR count). The Morgan fingerprint density at radius 2 is 1.82 bits per heavy atom. The summed E-state index contributed by atoms with van der Waals surface area (Å²) >= 11 is 6.13. The lowest BCUT2D eigenvalue weighted by molar-refractivity contribution is -0.384. The number of benzene rings is 2. The quantitative estimate of drug-likeness (QED) is 0.484. The smallest absolute Gasteiger partial charge is 0.269 e. The SMILES string of the molecule is O=[N+]([O-])c1ccc(CN2CCN(c3nccn3-c3cccc(Cl)c3)CC2)cc1. The van der Waals surface area contributed by atoms with Gasteiger partial charge < -0.3 is 4.90 Å². The van der Waals surface area contributed by atoms with E-state index in [2.05, 4.69) is 19.4 Å². The van der Waals surface area contributed by atoms with E-state index in [9.17, 15) is 10.1 Å². The Morgan fingerprint density at radius 3 is 2.50 bits per heavy atom. The zero-order chi connectivity index (χ0) is 19.5. The zero-order valence-electron chi connectivity index (χ0n) is 15.2. The molecular formula is C20H20ClN5O2. The van der Waals surface area contributed by atoms with Gasteiger partial charge in [-0.1, -0.05) is 29.8 Å². The van der Waals surface area contributed by atoms with Crippen molar-refractivity contribution < 1.29 is 4.92 Å². The van der Waals surface area contributed by atoms with Crippen LogP contribution >= 0.6 is 11.6 Å². The Labute approximate surface area is 167 Å². The fourth-order valence-corrected chi connectivity index (χ4v) is 3.63. The van der Waals surface area contributed by atoms with Gasteiger partial charge in [-0.05, 0) is 23.8 Å². The van der Waals surface area contributed by atoms with E-state index in [-0.39, 0.29) is 10.6 Å². The largest absolute Gasteiger partial charge is 0.339 e. The number of nitro benzene ring substituents is 1. The van der Waals surface area contributed by atoms with Crippen LogP contribution in [0.25, 0.3) is 5.69 Å². The van der Waals surface area contributed by atoms with Gasteiger partial charge in [-0.3, -0.25) is 19.6 Å². The normalized spacial score (nSPS) is 15.0. The molecule has 8 heteroatoms. The van der Waals surface area contributed by atoms with Crippen molar-refractivity contribution in [2.24, 2.45) is 0 Å². The summed E-state index contributed by atoms with van der Waals surface area (Å²) in [6.45, 7) is 4.32. The molecule has 1 saturated heterocycles. The maximum absolute atomic E-state index is 10.8. The van der Waals surface area contributed by atoms with Gasteiger partial charge in [0.1, 0.15) is 0 Å². The number of nitrogens with zero attached hydrogens (tertiary/aromatic N) is 5. The molecule has 1 fully saturated rings. The average molecular weight is 398 g/mol. The van der Waals surface area contributed by atoms with E-state index in [1.54, 1.807) is 18.3 Å². The average Bonchev–Trinajstić information content (AvgIpc) is 3.19. The van der Waals surface area contributed by atoms with Crippen LogP contribution in [0.3, 0.4) is 0 Å². The molecule has 0 aliphatic carbocycles. The van der Waals surface area contributed by atoms with E-state index >= 15 is 0 Å². The molecule has 28 heavy (non-hydrogen) atoms. The van der Waals surface area contributed by atoms with Crippen LogP contribution in [0.1, 0.15) is 5.56 Å². The van der Waals surface area contributed by atoms with E-state index in [1.165, 1.54) is 0 Å². The number of non-ortho nitro benzene ring substituents is 1. The van der Waals surface area contributed by atoms with Crippen molar-refractivity contribution in [1.82, 2.24) is 14.5 Å². The minimum Gasteiger partial charge on any atom is -0.339 e. The lowest BCUT2D eigenvalue weighted by Crippen LogP contribution is -2.46. The van der Waals surface area contributed by atoms with Gasteiger partial charge in [-0.15, -0.1) is 0 Å². The van der Waals surface area contributed by atoms with Crippen LogP contribution < -0.4 is 4.90 Å². The van der Waals surface area contributed by atoms with Gasteiger partial charge in [0.25, 0.3) is 5.69 Å². The lowest BCUT2D eigenvalue weighted by atomic mass is 10.2. The molecular weight excluding hydrogens is 378 g/mol. The van der Waals surface area contributed by atoms with Crippen LogP contribution in [0, 0.1) is 10.1 Å². The first-order chi connectivity index (χ1) is 13.6. The molecule has 0 unspecified atom stereocenters. The van der Waals surface area contributed by atoms with Gasteiger partial charge in [-0.25, -0.2) is 4.98 Å². The number of nitro groups is 1. The van der Waals surface area contributed by atoms with Crippen LogP contribution in [-0.4, -0.2) is 45.6 Å². The van der Waals surface area contributed by atoms with E-state index in [4.69, 9.17) is 11.6 Å². The molecule has 0 bridgehead atoms. The lowest BCUT2D eigenvalue weighted by Gasteiger charge is -2.35. The number of imidazole rings is 1. The molecule has 1 aliphatic rings. The summed E-state index contributed by atoms with van der Waals surface area (Å²) in [4.78, 5) is 19.6. The first kappa shape index (κ1) is 18.5. The van der Waals surface area contributed by atoms with Gasteiger partial charge in [-0.2, -0.15) is 0 Å². The summed E-state index contributed by atoms with van der Waals surface area (Å²) in [5.74, 6) is 0.914. The molecule has 0 amide bonds. The molecule has 1 aliphatic heterocycles. The summed E-state index contributed by atoms with van der Waals surface area (Å²) in [5.41, 5.74) is 2.20. The Morgan fingerprint density at radius 1 is 1.07 bits per heavy atom. The fourth-order valence-electron chi connectivity index (χ4n) is 3.44. The van der Waals surface area contributed by atoms with E-state index in [1.807, 2.05) is 42.6 Å². The number of hydrogen-bond acceptors (Lipinski definition) is 5. The van der Waals surface area contributed by atoms with E-state index < -0.39 is 0 Å². The summed E-state index contributed by atoms with van der Waals surface area (Å²) in [6, 6.07) is 14.5. The second-order valence-corrected chi connectivity index (χ2v) is 7.20. The fraction of sp³-hybridized carbons (Fsp3) is 0.250. The molecule has 0 atom stereocenters. The van der Waals surface area contributed by atoms with Gasteiger partial charge in [0, 0.05) is 68.0 Å². The maximum Gasteiger partial charge on any atom is 0.269 e. The summed E-state index contributed by atoms with van der Waals surface area (Å²) < 4.78 is 2.05. The monoisotopic (exact) mass is 397 g/mol. The van der Waals surface area contributed by atoms with Crippen LogP contribution in [0.5, 0.6) is 0 Å². The first-order valence-corrected chi connectivity index (χ1v) is 9.48. The van der Waals surface area contributed by atoms with Crippen molar-refractivity contribution in [3.63, 3.8) is 0 Å². The maximum atomic E-state index is 10.8. The standard InChI is InChI=1S/C20H20ClN5O2/c21-17-2-1-3-19(14-17)25-9-8-22-20(25)24-12-10-23(11-13-24)15-16-4-6-18(7-5-16)26(27)28/h1-9,14H,10-13,15H2. The van der Waals surface area contributed by atoms with Crippen molar-refractivity contribution >= 4 is 23.2 Å². The highest BCUT2D eigenvalue weighted by molar-refractivity contribution is 6.30. The Balaban J connectivity index is 1.40. The van der Waals surface area contributed by atoms with Crippen molar-refractivity contribution in [1.29, 1.82) is 0 Å². The molecule has 0 radical (unpaired) electrons. The summed E-state index contributed by atoms with van der Waals surface area (Å²) in [6.07, 6.45) is 3.75. The highest BCUT2D eigenvalue weighted by Gasteiger charge is 2.21. The minimum absolute atomic E-state index is 0.126. The second-order valence-electron chi connectivity index (χ2n) is 6.76. The number of aromatic nitrogens is 2. The molecule has 7 nitrogen and oxygen atoms in total. The highest BCUT2D eigenvalue weighted by Crippen LogP contribution is 2.22. The van der Waals surface area contributed by atoms with Crippen molar-refractivity contribution in [2.45, 2.75) is 6.54 Å². The van der Waals surface area contributed by atoms with Gasteiger partial charge >= 0.3 is 0 Å². The minimum atomic E-state index is -0.370. The van der Waals surface area contributed by atoms with Crippen molar-refractivity contribution in [3.05, 3.63) is 81.6 Å². The molecule has 0 spiro atoms. The molecule has 1 aromatic heterocycles. The van der Waals surface area contributed by atoms with Crippen LogP contribution in [0.15, 0.2) is 60.9 Å². The Kier molecular flexibility index (Phi) is 5.27.